The first-order chi connectivity index (χ1) is 28.7. The van der Waals surface area contributed by atoms with Gasteiger partial charge in [-0.15, -0.1) is 0 Å². The van der Waals surface area contributed by atoms with Gasteiger partial charge in [-0.2, -0.15) is 0 Å². The fraction of sp³-hybridized carbons (Fsp3) is 0.944. The molecule has 0 aliphatic carbocycles. The lowest BCUT2D eigenvalue weighted by Gasteiger charge is -1.86. The van der Waals surface area contributed by atoms with Crippen LogP contribution in [0.5, 0.6) is 0 Å². The zero-order chi connectivity index (χ0) is 48.8. The minimum absolute atomic E-state index is 0.292. The summed E-state index contributed by atoms with van der Waals surface area (Å²) in [4.78, 5) is 28.8. The molecule has 0 spiro atoms. The van der Waals surface area contributed by atoms with Crippen molar-refractivity contribution in [2.75, 3.05) is 0 Å². The van der Waals surface area contributed by atoms with Crippen LogP contribution < -0.4 is 0 Å². The Hall–Kier alpha value is -1.59. The number of hydrogen-bond donors (Lipinski definition) is 3. The molecule has 0 atom stereocenters. The molecule has 0 aromatic rings. The molecule has 0 aliphatic heterocycles. The van der Waals surface area contributed by atoms with Gasteiger partial charge in [-0.25, -0.2) is 0 Å². The third-order valence-corrected chi connectivity index (χ3v) is 8.09. The fourth-order valence-corrected chi connectivity index (χ4v) is 4.14. The Bertz CT molecular complexity index is 464. The van der Waals surface area contributed by atoms with Gasteiger partial charge in [0.25, 0.3) is 0 Å². The van der Waals surface area contributed by atoms with Crippen molar-refractivity contribution < 1.29 is 29.7 Å². The SMILES string of the molecule is CCCC(=O)O.CCCC(=O)O.CCCC(=O)O.CCCCCC.CCCCCC.CCCCCC.CCCCCC.CCCCCC.CCCCCC.CCCCCC. The van der Waals surface area contributed by atoms with E-state index in [0.717, 1.165) is 19.3 Å². The molecule has 6 heteroatoms. The van der Waals surface area contributed by atoms with E-state index in [4.69, 9.17) is 15.3 Å². The lowest BCUT2D eigenvalue weighted by Crippen LogP contribution is -1.90. The number of carboxylic acids is 3. The van der Waals surface area contributed by atoms with Gasteiger partial charge in [-0.1, -0.05) is 297 Å². The molecule has 0 rings (SSSR count). The van der Waals surface area contributed by atoms with Crippen LogP contribution in [0.3, 0.4) is 0 Å². The molecule has 6 nitrogen and oxygen atoms in total. The van der Waals surface area contributed by atoms with E-state index in [1.54, 1.807) is 0 Å². The Kier molecular flexibility index (Phi) is 146. The number of rotatable bonds is 27. The molecule has 0 amide bonds. The molecule has 0 bridgehead atoms. The smallest absolute Gasteiger partial charge is 0.303 e. The first-order valence-electron chi connectivity index (χ1n) is 26.4. The van der Waals surface area contributed by atoms with Crippen molar-refractivity contribution in [1.82, 2.24) is 0 Å². The van der Waals surface area contributed by atoms with Gasteiger partial charge < -0.3 is 15.3 Å². The molecule has 0 aromatic carbocycles. The van der Waals surface area contributed by atoms with Crippen LogP contribution in [-0.2, 0) is 14.4 Å². The zero-order valence-electron chi connectivity index (χ0n) is 45.1. The van der Waals surface area contributed by atoms with Crippen LogP contribution in [0.1, 0.15) is 336 Å². The van der Waals surface area contributed by atoms with Gasteiger partial charge in [0.05, 0.1) is 0 Å². The van der Waals surface area contributed by atoms with Crippen molar-refractivity contribution in [1.29, 1.82) is 0 Å². The highest BCUT2D eigenvalue weighted by Crippen LogP contribution is 1.99. The monoisotopic (exact) mass is 867 g/mol. The summed E-state index contributed by atoms with van der Waals surface area (Å²) in [5.74, 6) is -2.13. The minimum Gasteiger partial charge on any atom is -0.481 e. The number of carbonyl (C=O) groups is 3. The quantitative estimate of drug-likeness (QED) is 0.0709. The summed E-state index contributed by atoms with van der Waals surface area (Å²) < 4.78 is 0. The zero-order valence-corrected chi connectivity index (χ0v) is 45.1. The van der Waals surface area contributed by atoms with E-state index in [0.29, 0.717) is 19.3 Å². The Morgan fingerprint density at radius 1 is 0.200 bits per heavy atom. The summed E-state index contributed by atoms with van der Waals surface area (Å²) in [5.41, 5.74) is 0. The molecular formula is C54H122O6. The molecule has 0 aliphatic rings. The van der Waals surface area contributed by atoms with E-state index in [1.807, 2.05) is 20.8 Å². The predicted octanol–water partition coefficient (Wildman–Crippen LogP) is 20.7. The molecule has 0 radical (unpaired) electrons. The second-order valence-corrected chi connectivity index (χ2v) is 15.4. The molecule has 0 heterocycles. The maximum atomic E-state index is 9.60. The summed E-state index contributed by atoms with van der Waals surface area (Å²) in [6.45, 7) is 36.8. The molecule has 0 unspecified atom stereocenters. The Labute approximate surface area is 382 Å². The van der Waals surface area contributed by atoms with Crippen LogP contribution in [0.2, 0.25) is 0 Å². The van der Waals surface area contributed by atoms with E-state index >= 15 is 0 Å². The van der Waals surface area contributed by atoms with Crippen molar-refractivity contribution >= 4 is 17.9 Å². The summed E-state index contributed by atoms with van der Waals surface area (Å²) in [6.07, 6.45) is 41.8. The van der Waals surface area contributed by atoms with Gasteiger partial charge in [-0.05, 0) is 19.3 Å². The Morgan fingerprint density at radius 3 is 0.300 bits per heavy atom. The summed E-state index contributed by atoms with van der Waals surface area (Å²) in [6, 6.07) is 0. The van der Waals surface area contributed by atoms with Crippen LogP contribution in [0.25, 0.3) is 0 Å². The lowest BCUT2D eigenvalue weighted by molar-refractivity contribution is -0.138. The highest BCUT2D eigenvalue weighted by molar-refractivity contribution is 5.67. The van der Waals surface area contributed by atoms with E-state index < -0.39 is 17.9 Å². The topological polar surface area (TPSA) is 112 Å². The molecule has 3 N–H and O–H groups in total. The minimum atomic E-state index is -0.711. The third kappa shape index (κ3) is 215. The van der Waals surface area contributed by atoms with Crippen LogP contribution in [-0.4, -0.2) is 33.2 Å². The number of unbranched alkanes of at least 4 members (excludes halogenated alkanes) is 21. The molecule has 0 saturated heterocycles. The first-order valence-corrected chi connectivity index (χ1v) is 26.4. The van der Waals surface area contributed by atoms with Crippen molar-refractivity contribution in [2.45, 2.75) is 336 Å². The predicted molar refractivity (Wildman–Crippen MR) is 276 cm³/mol. The fourth-order valence-electron chi connectivity index (χ4n) is 4.14. The third-order valence-electron chi connectivity index (χ3n) is 8.09. The Balaban J connectivity index is -0.0000000579. The number of aliphatic carboxylic acids is 3. The molecule has 60 heavy (non-hydrogen) atoms. The van der Waals surface area contributed by atoms with Crippen LogP contribution in [0.4, 0.5) is 0 Å². The molecular weight excluding hydrogens is 745 g/mol. The first kappa shape index (κ1) is 82.1. The largest absolute Gasteiger partial charge is 0.481 e. The average molecular weight is 868 g/mol. The van der Waals surface area contributed by atoms with Crippen molar-refractivity contribution in [3.8, 4) is 0 Å². The van der Waals surface area contributed by atoms with Crippen LogP contribution in [0, 0.1) is 0 Å². The summed E-state index contributed by atoms with van der Waals surface area (Å²) in [7, 11) is 0. The normalized spacial score (nSPS) is 8.75. The van der Waals surface area contributed by atoms with Crippen molar-refractivity contribution in [3.63, 3.8) is 0 Å². The molecule has 0 fully saturated rings. The van der Waals surface area contributed by atoms with E-state index in [2.05, 4.69) is 96.9 Å². The molecule has 0 saturated carbocycles. The summed E-state index contributed by atoms with van der Waals surface area (Å²) >= 11 is 0. The van der Waals surface area contributed by atoms with Gasteiger partial charge in [0.1, 0.15) is 0 Å². The van der Waals surface area contributed by atoms with Crippen molar-refractivity contribution in [2.24, 2.45) is 0 Å². The van der Waals surface area contributed by atoms with Crippen LogP contribution >= 0.6 is 0 Å². The van der Waals surface area contributed by atoms with Gasteiger partial charge in [0.2, 0.25) is 0 Å². The van der Waals surface area contributed by atoms with E-state index in [1.165, 1.54) is 180 Å². The number of carboxylic acid groups (broad SMARTS) is 3. The highest BCUT2D eigenvalue weighted by Gasteiger charge is 1.89. The molecule has 0 aromatic heterocycles. The maximum Gasteiger partial charge on any atom is 0.303 e. The van der Waals surface area contributed by atoms with Crippen molar-refractivity contribution in [3.05, 3.63) is 0 Å². The van der Waals surface area contributed by atoms with E-state index in [9.17, 15) is 14.4 Å². The Morgan fingerprint density at radius 2 is 0.283 bits per heavy atom. The second kappa shape index (κ2) is 107. The second-order valence-electron chi connectivity index (χ2n) is 15.4. The average Bonchev–Trinajstić information content (AvgIpc) is 3.23. The maximum absolute atomic E-state index is 9.60. The van der Waals surface area contributed by atoms with Gasteiger partial charge >= 0.3 is 17.9 Å². The summed E-state index contributed by atoms with van der Waals surface area (Å²) in [5, 5.41) is 23.7. The number of hydrogen-bond acceptors (Lipinski definition) is 3. The highest BCUT2D eigenvalue weighted by atomic mass is 16.4. The van der Waals surface area contributed by atoms with Gasteiger partial charge in [-0.3, -0.25) is 14.4 Å². The molecule has 374 valence electrons. The van der Waals surface area contributed by atoms with Crippen LogP contribution in [0.15, 0.2) is 0 Å². The van der Waals surface area contributed by atoms with Gasteiger partial charge in [0.15, 0.2) is 0 Å². The standard InChI is InChI=1S/7C6H14.3C4H8O2/c7*1-3-5-6-4-2;3*1-2-3-4(5)6/h7*3-6H2,1-2H3;3*2-3H2,1H3,(H,5,6). The lowest BCUT2D eigenvalue weighted by atomic mass is 10.2. The van der Waals surface area contributed by atoms with E-state index in [-0.39, 0.29) is 0 Å². The van der Waals surface area contributed by atoms with Gasteiger partial charge in [0, 0.05) is 19.3 Å².